The summed E-state index contributed by atoms with van der Waals surface area (Å²) >= 11 is 0. The highest BCUT2D eigenvalue weighted by atomic mass is 16.5. The van der Waals surface area contributed by atoms with E-state index >= 15 is 0 Å². The number of amides is 1. The SMILES string of the molecule is COC[C@@H]1CN(C(=O)Cc2c(C)nc3cc[nH]n3c2=O)CC(C)(C)O1. The van der Waals surface area contributed by atoms with E-state index in [1.807, 2.05) is 13.8 Å². The van der Waals surface area contributed by atoms with E-state index in [0.717, 1.165) is 0 Å². The number of rotatable bonds is 4. The Morgan fingerprint density at radius 1 is 1.52 bits per heavy atom. The first-order valence-electron chi connectivity index (χ1n) is 8.31. The van der Waals surface area contributed by atoms with Gasteiger partial charge in [-0.2, -0.15) is 0 Å². The average Bonchev–Trinajstić information content (AvgIpc) is 2.98. The summed E-state index contributed by atoms with van der Waals surface area (Å²) in [5.41, 5.74) is 0.854. The number of methoxy groups -OCH3 is 1. The summed E-state index contributed by atoms with van der Waals surface area (Å²) in [6.07, 6.45) is 1.49. The Labute approximate surface area is 145 Å². The van der Waals surface area contributed by atoms with Gasteiger partial charge in [0.05, 0.1) is 24.7 Å². The molecule has 1 atom stereocenters. The molecule has 1 aliphatic rings. The minimum absolute atomic E-state index is 0.0232. The highest BCUT2D eigenvalue weighted by Gasteiger charge is 2.35. The van der Waals surface area contributed by atoms with Crippen LogP contribution < -0.4 is 5.56 Å². The quantitative estimate of drug-likeness (QED) is 0.870. The van der Waals surface area contributed by atoms with Crippen LogP contribution in [0.25, 0.3) is 5.65 Å². The van der Waals surface area contributed by atoms with Crippen LogP contribution in [-0.4, -0.2) is 63.9 Å². The maximum atomic E-state index is 12.8. The number of morpholine rings is 1. The topological polar surface area (TPSA) is 88.9 Å². The molecule has 0 unspecified atom stereocenters. The van der Waals surface area contributed by atoms with E-state index in [0.29, 0.717) is 36.6 Å². The number of fused-ring (bicyclic) bond motifs is 1. The van der Waals surface area contributed by atoms with Crippen LogP contribution in [-0.2, 0) is 20.7 Å². The van der Waals surface area contributed by atoms with Crippen LogP contribution in [0.2, 0.25) is 0 Å². The van der Waals surface area contributed by atoms with Gasteiger partial charge in [0.15, 0.2) is 5.65 Å². The van der Waals surface area contributed by atoms with E-state index in [-0.39, 0.29) is 24.0 Å². The fourth-order valence-corrected chi connectivity index (χ4v) is 3.33. The van der Waals surface area contributed by atoms with Crippen molar-refractivity contribution >= 4 is 11.6 Å². The summed E-state index contributed by atoms with van der Waals surface area (Å²) in [4.78, 5) is 31.6. The third-order valence-electron chi connectivity index (χ3n) is 4.36. The van der Waals surface area contributed by atoms with Gasteiger partial charge in [0.25, 0.3) is 5.56 Å². The second-order valence-corrected chi connectivity index (χ2v) is 7.04. The molecule has 1 saturated heterocycles. The number of aromatic nitrogens is 3. The number of H-pyrrole nitrogens is 1. The first kappa shape index (κ1) is 17.6. The molecule has 1 amide bonds. The number of nitrogens with zero attached hydrogens (tertiary/aromatic N) is 3. The highest BCUT2D eigenvalue weighted by molar-refractivity contribution is 5.79. The summed E-state index contributed by atoms with van der Waals surface area (Å²) in [6.45, 7) is 7.00. The van der Waals surface area contributed by atoms with Crippen molar-refractivity contribution in [3.63, 3.8) is 0 Å². The second kappa shape index (κ2) is 6.61. The molecular weight excluding hydrogens is 324 g/mol. The lowest BCUT2D eigenvalue weighted by Gasteiger charge is -2.42. The Balaban J connectivity index is 1.83. The molecule has 3 rings (SSSR count). The van der Waals surface area contributed by atoms with Crippen molar-refractivity contribution < 1.29 is 14.3 Å². The lowest BCUT2D eigenvalue weighted by atomic mass is 10.0. The molecule has 1 N–H and O–H groups in total. The van der Waals surface area contributed by atoms with Gasteiger partial charge < -0.3 is 14.4 Å². The number of hydrogen-bond acceptors (Lipinski definition) is 5. The Morgan fingerprint density at radius 3 is 3.00 bits per heavy atom. The zero-order valence-electron chi connectivity index (χ0n) is 15.0. The van der Waals surface area contributed by atoms with Gasteiger partial charge in [-0.3, -0.25) is 14.7 Å². The van der Waals surface area contributed by atoms with Crippen molar-refractivity contribution in [2.75, 3.05) is 26.8 Å². The molecule has 0 bridgehead atoms. The van der Waals surface area contributed by atoms with E-state index < -0.39 is 5.60 Å². The maximum Gasteiger partial charge on any atom is 0.276 e. The molecule has 3 heterocycles. The molecule has 136 valence electrons. The lowest BCUT2D eigenvalue weighted by Crippen LogP contribution is -2.56. The molecule has 2 aromatic rings. The van der Waals surface area contributed by atoms with Crippen LogP contribution in [0.1, 0.15) is 25.1 Å². The summed E-state index contributed by atoms with van der Waals surface area (Å²) in [5, 5.41) is 2.83. The summed E-state index contributed by atoms with van der Waals surface area (Å²) in [6, 6.07) is 1.72. The third-order valence-corrected chi connectivity index (χ3v) is 4.36. The maximum absolute atomic E-state index is 12.8. The van der Waals surface area contributed by atoms with Crippen molar-refractivity contribution in [2.45, 2.75) is 38.9 Å². The molecule has 8 heteroatoms. The summed E-state index contributed by atoms with van der Waals surface area (Å²) in [7, 11) is 1.61. The largest absolute Gasteiger partial charge is 0.382 e. The molecule has 1 fully saturated rings. The smallest absolute Gasteiger partial charge is 0.276 e. The monoisotopic (exact) mass is 348 g/mol. The van der Waals surface area contributed by atoms with Crippen molar-refractivity contribution in [2.24, 2.45) is 0 Å². The zero-order valence-corrected chi connectivity index (χ0v) is 15.0. The minimum Gasteiger partial charge on any atom is -0.382 e. The van der Waals surface area contributed by atoms with Crippen molar-refractivity contribution in [3.8, 4) is 0 Å². The van der Waals surface area contributed by atoms with Gasteiger partial charge in [0.2, 0.25) is 5.91 Å². The van der Waals surface area contributed by atoms with Gasteiger partial charge in [-0.15, -0.1) is 0 Å². The summed E-state index contributed by atoms with van der Waals surface area (Å²) in [5.74, 6) is -0.106. The van der Waals surface area contributed by atoms with Crippen LogP contribution in [0.4, 0.5) is 0 Å². The van der Waals surface area contributed by atoms with Gasteiger partial charge in [-0.1, -0.05) is 0 Å². The molecule has 2 aromatic heterocycles. The molecule has 25 heavy (non-hydrogen) atoms. The number of aryl methyl sites for hydroxylation is 1. The van der Waals surface area contributed by atoms with Crippen LogP contribution in [0.3, 0.4) is 0 Å². The van der Waals surface area contributed by atoms with Crippen LogP contribution in [0, 0.1) is 6.92 Å². The fraction of sp³-hybridized carbons (Fsp3) is 0.588. The molecular formula is C17H24N4O4. The van der Waals surface area contributed by atoms with E-state index in [1.54, 1.807) is 31.2 Å². The molecule has 0 radical (unpaired) electrons. The van der Waals surface area contributed by atoms with Gasteiger partial charge in [0.1, 0.15) is 0 Å². The minimum atomic E-state index is -0.455. The number of carbonyl (C=O) groups excluding carboxylic acids is 1. The van der Waals surface area contributed by atoms with E-state index in [2.05, 4.69) is 10.1 Å². The predicted octanol–water partition coefficient (Wildman–Crippen LogP) is 0.526. The normalized spacial score (nSPS) is 20.2. The van der Waals surface area contributed by atoms with E-state index in [4.69, 9.17) is 9.47 Å². The van der Waals surface area contributed by atoms with Crippen LogP contribution >= 0.6 is 0 Å². The Morgan fingerprint density at radius 2 is 2.28 bits per heavy atom. The van der Waals surface area contributed by atoms with Gasteiger partial charge in [-0.25, -0.2) is 9.50 Å². The van der Waals surface area contributed by atoms with Gasteiger partial charge in [0, 0.05) is 43.7 Å². The highest BCUT2D eigenvalue weighted by Crippen LogP contribution is 2.22. The van der Waals surface area contributed by atoms with Crippen molar-refractivity contribution in [1.82, 2.24) is 19.5 Å². The van der Waals surface area contributed by atoms with Crippen LogP contribution in [0.5, 0.6) is 0 Å². The lowest BCUT2D eigenvalue weighted by molar-refractivity contribution is -0.168. The number of ether oxygens (including phenoxy) is 2. The van der Waals surface area contributed by atoms with Crippen molar-refractivity contribution in [1.29, 1.82) is 0 Å². The molecule has 1 aliphatic heterocycles. The molecule has 0 aromatic carbocycles. The fourth-order valence-electron chi connectivity index (χ4n) is 3.33. The molecule has 0 spiro atoms. The Kier molecular flexibility index (Phi) is 4.66. The molecule has 0 aliphatic carbocycles. The number of nitrogens with one attached hydrogen (secondary N) is 1. The van der Waals surface area contributed by atoms with Gasteiger partial charge >= 0.3 is 0 Å². The van der Waals surface area contributed by atoms with Crippen LogP contribution in [0.15, 0.2) is 17.1 Å². The molecule has 8 nitrogen and oxygen atoms in total. The summed E-state index contributed by atoms with van der Waals surface area (Å²) < 4.78 is 12.5. The average molecular weight is 348 g/mol. The zero-order chi connectivity index (χ0) is 18.2. The predicted molar refractivity (Wildman–Crippen MR) is 91.7 cm³/mol. The van der Waals surface area contributed by atoms with E-state index in [1.165, 1.54) is 4.52 Å². The Bertz CT molecular complexity index is 839. The first-order chi connectivity index (χ1) is 11.8. The number of aromatic amines is 1. The number of hydrogen-bond donors (Lipinski definition) is 1. The standard InChI is InChI=1S/C17H24N4O4/c1-11-13(16(23)21-14(19-11)5-6-18-21)7-15(22)20-8-12(9-24-4)25-17(2,3)10-20/h5-6,12,18H,7-10H2,1-4H3/t12-/m0/s1. The second-order valence-electron chi connectivity index (χ2n) is 7.04. The number of carbonyl (C=O) groups is 1. The van der Waals surface area contributed by atoms with E-state index in [9.17, 15) is 9.59 Å². The Hall–Kier alpha value is -2.19. The van der Waals surface area contributed by atoms with Crippen molar-refractivity contribution in [3.05, 3.63) is 33.9 Å². The van der Waals surface area contributed by atoms with Gasteiger partial charge in [-0.05, 0) is 20.8 Å². The molecule has 0 saturated carbocycles. The third kappa shape index (κ3) is 3.59. The first-order valence-corrected chi connectivity index (χ1v) is 8.31.